The van der Waals surface area contributed by atoms with Crippen LogP contribution < -0.4 is 5.43 Å². The van der Waals surface area contributed by atoms with Gasteiger partial charge in [0.2, 0.25) is 5.43 Å². The maximum atomic E-state index is 13.5. The largest absolute Gasteiger partial charge is 0.465 e. The van der Waals surface area contributed by atoms with Crippen molar-refractivity contribution in [1.29, 1.82) is 0 Å². The second-order valence-corrected chi connectivity index (χ2v) is 6.83. The van der Waals surface area contributed by atoms with Crippen molar-refractivity contribution in [2.24, 2.45) is 0 Å². The zero-order chi connectivity index (χ0) is 21.4. The number of carbonyl (C=O) groups excluding carboxylic acids is 2. The summed E-state index contributed by atoms with van der Waals surface area (Å²) < 4.78 is 15.8. The van der Waals surface area contributed by atoms with E-state index in [1.165, 1.54) is 20.3 Å². The van der Waals surface area contributed by atoms with Crippen molar-refractivity contribution in [1.82, 2.24) is 0 Å². The zero-order valence-electron chi connectivity index (χ0n) is 16.6. The minimum absolute atomic E-state index is 0.0367. The zero-order valence-corrected chi connectivity index (χ0v) is 16.6. The Kier molecular flexibility index (Phi) is 4.83. The van der Waals surface area contributed by atoms with E-state index in [4.69, 9.17) is 13.9 Å². The van der Waals surface area contributed by atoms with Crippen LogP contribution in [0.2, 0.25) is 0 Å². The Balaban J connectivity index is 2.30. The maximum absolute atomic E-state index is 13.5. The van der Waals surface area contributed by atoms with Gasteiger partial charge in [-0.05, 0) is 30.7 Å². The number of ether oxygens (including phenoxy) is 2. The standard InChI is InChI=1S/C24H18O6/c1-13-9-10-17-15(11-13)22(25)21-18(30-17)12-16(23(26)28-2)20(24(27)29-3)19(21)14-7-5-4-6-8-14/h4-12H,1-3H3. The first-order valence-electron chi connectivity index (χ1n) is 9.22. The lowest BCUT2D eigenvalue weighted by molar-refractivity contribution is 0.0556. The van der Waals surface area contributed by atoms with E-state index in [0.717, 1.165) is 5.56 Å². The third-order valence-electron chi connectivity index (χ3n) is 4.98. The van der Waals surface area contributed by atoms with Gasteiger partial charge < -0.3 is 13.9 Å². The predicted octanol–water partition coefficient (Wildman–Crippen LogP) is 4.49. The van der Waals surface area contributed by atoms with Crippen LogP contribution in [0.4, 0.5) is 0 Å². The molecule has 0 unspecified atom stereocenters. The van der Waals surface area contributed by atoms with E-state index in [2.05, 4.69) is 0 Å². The first kappa shape index (κ1) is 19.4. The van der Waals surface area contributed by atoms with Crippen LogP contribution in [-0.4, -0.2) is 26.2 Å². The van der Waals surface area contributed by atoms with Crippen LogP contribution in [0.3, 0.4) is 0 Å². The molecule has 4 aromatic rings. The number of hydrogen-bond donors (Lipinski definition) is 0. The summed E-state index contributed by atoms with van der Waals surface area (Å²) in [5.41, 5.74) is 1.95. The highest BCUT2D eigenvalue weighted by Crippen LogP contribution is 2.35. The quantitative estimate of drug-likeness (QED) is 0.371. The minimum atomic E-state index is -0.750. The van der Waals surface area contributed by atoms with E-state index < -0.39 is 11.9 Å². The van der Waals surface area contributed by atoms with Gasteiger partial charge in [-0.2, -0.15) is 0 Å². The van der Waals surface area contributed by atoms with Gasteiger partial charge in [-0.15, -0.1) is 0 Å². The fraction of sp³-hybridized carbons (Fsp3) is 0.125. The highest BCUT2D eigenvalue weighted by molar-refractivity contribution is 6.15. The molecule has 1 heterocycles. The summed E-state index contributed by atoms with van der Waals surface area (Å²) in [5.74, 6) is -1.49. The summed E-state index contributed by atoms with van der Waals surface area (Å²) in [4.78, 5) is 38.8. The molecule has 0 fully saturated rings. The second kappa shape index (κ2) is 7.48. The summed E-state index contributed by atoms with van der Waals surface area (Å²) in [5, 5.41) is 0.591. The van der Waals surface area contributed by atoms with Crippen LogP contribution in [0.1, 0.15) is 26.3 Å². The Bertz CT molecular complexity index is 1370. The van der Waals surface area contributed by atoms with Gasteiger partial charge in [0.15, 0.2) is 0 Å². The van der Waals surface area contributed by atoms with E-state index in [9.17, 15) is 14.4 Å². The van der Waals surface area contributed by atoms with E-state index in [0.29, 0.717) is 16.5 Å². The van der Waals surface area contributed by atoms with Crippen molar-refractivity contribution < 1.29 is 23.5 Å². The summed E-state index contributed by atoms with van der Waals surface area (Å²) in [7, 11) is 2.43. The number of carbonyl (C=O) groups is 2. The number of benzene rings is 3. The van der Waals surface area contributed by atoms with Crippen molar-refractivity contribution in [3.8, 4) is 11.1 Å². The molecule has 0 saturated heterocycles. The molecule has 3 aromatic carbocycles. The van der Waals surface area contributed by atoms with Gasteiger partial charge in [-0.1, -0.05) is 42.0 Å². The molecule has 6 heteroatoms. The van der Waals surface area contributed by atoms with Crippen LogP contribution in [0.15, 0.2) is 63.8 Å². The number of esters is 2. The molecule has 0 aliphatic rings. The highest BCUT2D eigenvalue weighted by atomic mass is 16.5. The molecule has 0 saturated carbocycles. The predicted molar refractivity (Wildman–Crippen MR) is 113 cm³/mol. The molecule has 0 amide bonds. The third-order valence-corrected chi connectivity index (χ3v) is 4.98. The molecule has 0 aliphatic heterocycles. The van der Waals surface area contributed by atoms with Crippen molar-refractivity contribution in [3.05, 3.63) is 81.5 Å². The minimum Gasteiger partial charge on any atom is -0.465 e. The van der Waals surface area contributed by atoms with E-state index in [1.54, 1.807) is 36.4 Å². The molecular formula is C24H18O6. The lowest BCUT2D eigenvalue weighted by Crippen LogP contribution is -2.16. The highest BCUT2D eigenvalue weighted by Gasteiger charge is 2.28. The Morgan fingerprint density at radius 1 is 0.867 bits per heavy atom. The molecular weight excluding hydrogens is 384 g/mol. The summed E-state index contributed by atoms with van der Waals surface area (Å²) >= 11 is 0. The first-order chi connectivity index (χ1) is 14.5. The molecule has 4 rings (SSSR count). The number of hydrogen-bond acceptors (Lipinski definition) is 6. The van der Waals surface area contributed by atoms with Crippen LogP contribution in [0.25, 0.3) is 33.1 Å². The van der Waals surface area contributed by atoms with E-state index in [1.807, 2.05) is 19.1 Å². The lowest BCUT2D eigenvalue weighted by atomic mass is 9.90. The molecule has 1 aromatic heterocycles. The van der Waals surface area contributed by atoms with Crippen LogP contribution in [0.5, 0.6) is 0 Å². The smallest absolute Gasteiger partial charge is 0.339 e. The first-order valence-corrected chi connectivity index (χ1v) is 9.22. The Hall–Kier alpha value is -3.93. The van der Waals surface area contributed by atoms with Crippen molar-refractivity contribution in [2.75, 3.05) is 14.2 Å². The molecule has 0 spiro atoms. The summed E-state index contributed by atoms with van der Waals surface area (Å²) in [6, 6.07) is 15.5. The molecule has 0 atom stereocenters. The summed E-state index contributed by atoms with van der Waals surface area (Å²) in [6.45, 7) is 1.88. The van der Waals surface area contributed by atoms with Crippen LogP contribution >= 0.6 is 0 Å². The molecule has 0 N–H and O–H groups in total. The van der Waals surface area contributed by atoms with Crippen molar-refractivity contribution >= 4 is 33.9 Å². The normalized spacial score (nSPS) is 10.9. The molecule has 0 radical (unpaired) electrons. The summed E-state index contributed by atoms with van der Waals surface area (Å²) in [6.07, 6.45) is 0. The van der Waals surface area contributed by atoms with Crippen molar-refractivity contribution in [3.63, 3.8) is 0 Å². The number of fused-ring (bicyclic) bond motifs is 2. The van der Waals surface area contributed by atoms with E-state index >= 15 is 0 Å². The molecule has 0 bridgehead atoms. The molecule has 150 valence electrons. The lowest BCUT2D eigenvalue weighted by Gasteiger charge is -2.15. The van der Waals surface area contributed by atoms with Gasteiger partial charge in [0, 0.05) is 5.56 Å². The molecule has 0 aliphatic carbocycles. The van der Waals surface area contributed by atoms with Gasteiger partial charge in [-0.25, -0.2) is 9.59 Å². The topological polar surface area (TPSA) is 82.8 Å². The maximum Gasteiger partial charge on any atom is 0.339 e. The monoisotopic (exact) mass is 402 g/mol. The van der Waals surface area contributed by atoms with Gasteiger partial charge >= 0.3 is 11.9 Å². The second-order valence-electron chi connectivity index (χ2n) is 6.83. The van der Waals surface area contributed by atoms with Crippen LogP contribution in [-0.2, 0) is 9.47 Å². The van der Waals surface area contributed by atoms with Gasteiger partial charge in [0.05, 0.1) is 36.1 Å². The molecule has 30 heavy (non-hydrogen) atoms. The fourth-order valence-electron chi connectivity index (χ4n) is 3.61. The molecule has 6 nitrogen and oxygen atoms in total. The Morgan fingerprint density at radius 2 is 1.57 bits per heavy atom. The Labute approximate surface area is 171 Å². The van der Waals surface area contributed by atoms with Gasteiger partial charge in [-0.3, -0.25) is 4.79 Å². The van der Waals surface area contributed by atoms with Gasteiger partial charge in [0.25, 0.3) is 0 Å². The number of methoxy groups -OCH3 is 2. The SMILES string of the molecule is COC(=O)c1cc2oc3ccc(C)cc3c(=O)c2c(-c2ccccc2)c1C(=O)OC. The Morgan fingerprint density at radius 3 is 2.23 bits per heavy atom. The van der Waals surface area contributed by atoms with Crippen LogP contribution in [0, 0.1) is 6.92 Å². The van der Waals surface area contributed by atoms with Gasteiger partial charge in [0.1, 0.15) is 11.2 Å². The third kappa shape index (κ3) is 3.03. The number of rotatable bonds is 3. The van der Waals surface area contributed by atoms with Crippen molar-refractivity contribution in [2.45, 2.75) is 6.92 Å². The average molecular weight is 402 g/mol. The average Bonchev–Trinajstić information content (AvgIpc) is 2.78. The number of aryl methyl sites for hydroxylation is 1. The fourth-order valence-corrected chi connectivity index (χ4v) is 3.61. The van der Waals surface area contributed by atoms with E-state index in [-0.39, 0.29) is 33.1 Å².